The van der Waals surface area contributed by atoms with Crippen LogP contribution in [0.15, 0.2) is 18.2 Å². The molecule has 4 nitrogen and oxygen atoms in total. The molecule has 1 N–H and O–H groups in total. The first kappa shape index (κ1) is 11.1. The average molecular weight is 241 g/mol. The zero-order chi connectivity index (χ0) is 11.5. The topological polar surface area (TPSA) is 41.6 Å². The van der Waals surface area contributed by atoms with Gasteiger partial charge in [-0.3, -0.25) is 4.90 Å². The highest BCUT2D eigenvalue weighted by atomic mass is 35.5. The second-order valence-electron chi connectivity index (χ2n) is 3.56. The smallest absolute Gasteiger partial charge is 0.321 e. The molecule has 0 radical (unpaired) electrons. The number of nitrogens with one attached hydrogen (secondary N) is 1. The summed E-state index contributed by atoms with van der Waals surface area (Å²) in [6.07, 6.45) is 0.940. The van der Waals surface area contributed by atoms with E-state index in [4.69, 9.17) is 16.3 Å². The first-order chi connectivity index (χ1) is 7.72. The molecule has 1 heterocycles. The van der Waals surface area contributed by atoms with Crippen LogP contribution in [0.5, 0.6) is 5.75 Å². The maximum atomic E-state index is 11.6. The molecule has 1 aromatic rings. The van der Waals surface area contributed by atoms with Crippen LogP contribution in [0.2, 0.25) is 5.02 Å². The summed E-state index contributed by atoms with van der Waals surface area (Å²) in [5, 5.41) is 3.30. The summed E-state index contributed by atoms with van der Waals surface area (Å²) in [4.78, 5) is 13.3. The number of ether oxygens (including phenoxy) is 1. The number of rotatable bonds is 2. The van der Waals surface area contributed by atoms with E-state index in [1.54, 1.807) is 24.1 Å². The molecule has 0 unspecified atom stereocenters. The molecule has 1 aromatic carbocycles. The molecule has 1 fully saturated rings. The van der Waals surface area contributed by atoms with Crippen molar-refractivity contribution < 1.29 is 9.53 Å². The van der Waals surface area contributed by atoms with Crippen LogP contribution in [0.1, 0.15) is 6.42 Å². The molecular weight excluding hydrogens is 228 g/mol. The van der Waals surface area contributed by atoms with Gasteiger partial charge >= 0.3 is 6.03 Å². The summed E-state index contributed by atoms with van der Waals surface area (Å²) >= 11 is 6.01. The van der Waals surface area contributed by atoms with Crippen LogP contribution in [-0.2, 0) is 0 Å². The van der Waals surface area contributed by atoms with Crippen LogP contribution in [0.4, 0.5) is 10.5 Å². The molecule has 0 saturated carbocycles. The Morgan fingerprint density at radius 3 is 2.94 bits per heavy atom. The Hall–Kier alpha value is -1.42. The number of methoxy groups -OCH3 is 1. The van der Waals surface area contributed by atoms with Crippen molar-refractivity contribution in [2.45, 2.75) is 6.42 Å². The third-order valence-corrected chi connectivity index (χ3v) is 2.82. The van der Waals surface area contributed by atoms with Gasteiger partial charge in [-0.1, -0.05) is 11.6 Å². The Morgan fingerprint density at radius 1 is 1.50 bits per heavy atom. The van der Waals surface area contributed by atoms with Crippen LogP contribution < -0.4 is 15.0 Å². The van der Waals surface area contributed by atoms with E-state index in [1.165, 1.54) is 0 Å². The molecule has 16 heavy (non-hydrogen) atoms. The second-order valence-corrected chi connectivity index (χ2v) is 3.96. The zero-order valence-electron chi connectivity index (χ0n) is 9.00. The van der Waals surface area contributed by atoms with Crippen LogP contribution in [0.3, 0.4) is 0 Å². The summed E-state index contributed by atoms with van der Waals surface area (Å²) < 4.78 is 5.06. The van der Waals surface area contributed by atoms with Crippen molar-refractivity contribution in [2.24, 2.45) is 0 Å². The largest absolute Gasteiger partial charge is 0.495 e. The lowest BCUT2D eigenvalue weighted by Gasteiger charge is -2.27. The van der Waals surface area contributed by atoms with Crippen LogP contribution >= 0.6 is 11.6 Å². The van der Waals surface area contributed by atoms with E-state index < -0.39 is 0 Å². The minimum absolute atomic E-state index is 0.0764. The van der Waals surface area contributed by atoms with Crippen molar-refractivity contribution in [3.05, 3.63) is 23.2 Å². The Bertz CT molecular complexity index is 409. The zero-order valence-corrected chi connectivity index (χ0v) is 9.75. The normalized spacial score (nSPS) is 15.9. The van der Waals surface area contributed by atoms with Crippen molar-refractivity contribution in [3.63, 3.8) is 0 Å². The first-order valence-electron chi connectivity index (χ1n) is 5.11. The number of benzene rings is 1. The van der Waals surface area contributed by atoms with Gasteiger partial charge in [0.2, 0.25) is 0 Å². The van der Waals surface area contributed by atoms with Crippen molar-refractivity contribution in [1.29, 1.82) is 0 Å². The average Bonchev–Trinajstić information content (AvgIpc) is 2.29. The van der Waals surface area contributed by atoms with E-state index in [9.17, 15) is 4.79 Å². The Labute approximate surface area is 99.1 Å². The molecule has 0 spiro atoms. The van der Waals surface area contributed by atoms with Crippen molar-refractivity contribution in [2.75, 3.05) is 25.1 Å². The number of anilines is 1. The monoisotopic (exact) mass is 240 g/mol. The fraction of sp³-hybridized carbons (Fsp3) is 0.364. The lowest BCUT2D eigenvalue weighted by molar-refractivity contribution is 0.243. The molecule has 2 amide bonds. The van der Waals surface area contributed by atoms with Gasteiger partial charge in [0.05, 0.1) is 12.1 Å². The molecule has 2 rings (SSSR count). The molecule has 86 valence electrons. The lowest BCUT2D eigenvalue weighted by atomic mass is 10.2. The number of carbonyl (C=O) groups excluding carboxylic acids is 1. The number of nitrogens with zero attached hydrogens (tertiary/aromatic N) is 1. The predicted molar refractivity (Wildman–Crippen MR) is 63.4 cm³/mol. The number of carbonyl (C=O) groups is 1. The maximum absolute atomic E-state index is 11.6. The number of urea groups is 1. The van der Waals surface area contributed by atoms with E-state index in [1.807, 2.05) is 6.07 Å². The fourth-order valence-corrected chi connectivity index (χ4v) is 1.95. The Balaban J connectivity index is 2.26. The highest BCUT2D eigenvalue weighted by Gasteiger charge is 2.19. The Morgan fingerprint density at radius 2 is 2.31 bits per heavy atom. The minimum Gasteiger partial charge on any atom is -0.495 e. The van der Waals surface area contributed by atoms with E-state index in [2.05, 4.69) is 5.32 Å². The van der Waals surface area contributed by atoms with Gasteiger partial charge in [0.1, 0.15) is 5.75 Å². The number of amides is 2. The minimum atomic E-state index is -0.0764. The second kappa shape index (κ2) is 4.61. The molecule has 0 aliphatic carbocycles. The summed E-state index contributed by atoms with van der Waals surface area (Å²) in [5.41, 5.74) is 0.794. The van der Waals surface area contributed by atoms with E-state index in [0.717, 1.165) is 18.7 Å². The van der Waals surface area contributed by atoms with E-state index >= 15 is 0 Å². The standard InChI is InChI=1S/C11H13ClN2O2/c1-16-10-4-3-8(7-9(10)12)14-6-2-5-13-11(14)15/h3-4,7H,2,5-6H2,1H3,(H,13,15). The Kier molecular flexibility index (Phi) is 3.19. The lowest BCUT2D eigenvalue weighted by Crippen LogP contribution is -2.46. The molecule has 0 aromatic heterocycles. The van der Waals surface area contributed by atoms with Gasteiger partial charge in [0.15, 0.2) is 0 Å². The maximum Gasteiger partial charge on any atom is 0.321 e. The van der Waals surface area contributed by atoms with Crippen LogP contribution in [0, 0.1) is 0 Å². The van der Waals surface area contributed by atoms with E-state index in [-0.39, 0.29) is 6.03 Å². The van der Waals surface area contributed by atoms with Crippen LogP contribution in [0.25, 0.3) is 0 Å². The third-order valence-electron chi connectivity index (χ3n) is 2.53. The van der Waals surface area contributed by atoms with Crippen LogP contribution in [-0.4, -0.2) is 26.2 Å². The summed E-state index contributed by atoms with van der Waals surface area (Å²) in [6, 6.07) is 5.26. The first-order valence-corrected chi connectivity index (χ1v) is 5.49. The van der Waals surface area contributed by atoms with Gasteiger partial charge in [-0.15, -0.1) is 0 Å². The molecule has 0 bridgehead atoms. The number of hydrogen-bond donors (Lipinski definition) is 1. The van der Waals surface area contributed by atoms with Gasteiger partial charge in [0, 0.05) is 18.8 Å². The number of hydrogen-bond acceptors (Lipinski definition) is 2. The molecule has 0 atom stereocenters. The van der Waals surface area contributed by atoms with Gasteiger partial charge in [-0.25, -0.2) is 4.79 Å². The summed E-state index contributed by atoms with van der Waals surface area (Å²) in [5.74, 6) is 0.614. The highest BCUT2D eigenvalue weighted by molar-refractivity contribution is 6.32. The SMILES string of the molecule is COc1ccc(N2CCCNC2=O)cc1Cl. The molecule has 5 heteroatoms. The third kappa shape index (κ3) is 2.07. The van der Waals surface area contributed by atoms with E-state index in [0.29, 0.717) is 17.3 Å². The molecule has 1 aliphatic rings. The van der Waals surface area contributed by atoms with Crippen molar-refractivity contribution in [1.82, 2.24) is 5.32 Å². The van der Waals surface area contributed by atoms with Gasteiger partial charge in [0.25, 0.3) is 0 Å². The fourth-order valence-electron chi connectivity index (χ4n) is 1.70. The van der Waals surface area contributed by atoms with Crippen molar-refractivity contribution in [3.8, 4) is 5.75 Å². The predicted octanol–water partition coefficient (Wildman–Crippen LogP) is 2.27. The quantitative estimate of drug-likeness (QED) is 0.862. The number of halogens is 1. The van der Waals surface area contributed by atoms with Gasteiger partial charge in [-0.2, -0.15) is 0 Å². The molecule has 1 aliphatic heterocycles. The molecular formula is C11H13ClN2O2. The summed E-state index contributed by atoms with van der Waals surface area (Å²) in [6.45, 7) is 1.45. The summed E-state index contributed by atoms with van der Waals surface area (Å²) in [7, 11) is 1.56. The van der Waals surface area contributed by atoms with Gasteiger partial charge in [-0.05, 0) is 24.6 Å². The highest BCUT2D eigenvalue weighted by Crippen LogP contribution is 2.29. The molecule has 1 saturated heterocycles. The van der Waals surface area contributed by atoms with Gasteiger partial charge < -0.3 is 10.1 Å². The van der Waals surface area contributed by atoms with Crippen molar-refractivity contribution >= 4 is 23.3 Å².